The molecule has 180 valence electrons. The summed E-state index contributed by atoms with van der Waals surface area (Å²) in [7, 11) is 0. The molecule has 0 atom stereocenters. The number of hydrogen-bond acceptors (Lipinski definition) is 7. The molecule has 2 fully saturated rings. The van der Waals surface area contributed by atoms with E-state index in [1.54, 1.807) is 30.3 Å². The predicted octanol–water partition coefficient (Wildman–Crippen LogP) is 3.68. The van der Waals surface area contributed by atoms with Crippen molar-refractivity contribution in [1.82, 2.24) is 10.2 Å². The molecule has 0 spiro atoms. The van der Waals surface area contributed by atoms with Crippen LogP contribution in [0.5, 0.6) is 0 Å². The van der Waals surface area contributed by atoms with Crippen molar-refractivity contribution in [3.8, 4) is 0 Å². The molecule has 0 aliphatic carbocycles. The lowest BCUT2D eigenvalue weighted by Crippen LogP contribution is -2.52. The molecule has 2 aromatic rings. The lowest BCUT2D eigenvalue weighted by Gasteiger charge is -2.37. The van der Waals surface area contributed by atoms with E-state index in [-0.39, 0.29) is 16.5 Å². The number of nitrogens with one attached hydrogen (secondary N) is 1. The van der Waals surface area contributed by atoms with Crippen molar-refractivity contribution in [2.45, 2.75) is 0 Å². The van der Waals surface area contributed by atoms with Gasteiger partial charge in [-0.05, 0) is 42.5 Å². The highest BCUT2D eigenvalue weighted by atomic mass is 79.9. The molecule has 34 heavy (non-hydrogen) atoms. The zero-order valence-corrected chi connectivity index (χ0v) is 21.4. The van der Waals surface area contributed by atoms with Gasteiger partial charge in [-0.25, -0.2) is 0 Å². The molecule has 1 N–H and O–H groups in total. The first-order chi connectivity index (χ1) is 16.3. The van der Waals surface area contributed by atoms with E-state index >= 15 is 0 Å². The Bertz CT molecular complexity index is 1110. The van der Waals surface area contributed by atoms with Gasteiger partial charge in [0.15, 0.2) is 5.11 Å². The zero-order chi connectivity index (χ0) is 24.2. The minimum atomic E-state index is -0.357. The number of thiocarbonyl (C=S) groups is 1. The van der Waals surface area contributed by atoms with Gasteiger partial charge in [-0.15, -0.1) is 0 Å². The van der Waals surface area contributed by atoms with E-state index in [4.69, 9.17) is 28.6 Å². The van der Waals surface area contributed by atoms with Crippen LogP contribution >= 0.6 is 39.7 Å². The van der Waals surface area contributed by atoms with Crippen molar-refractivity contribution < 1.29 is 14.5 Å². The number of morpholine rings is 1. The average molecular weight is 569 g/mol. The number of carbonyl (C=O) groups excluding carboxylic acids is 1. The quantitative estimate of drug-likeness (QED) is 0.339. The van der Waals surface area contributed by atoms with Crippen molar-refractivity contribution in [3.63, 3.8) is 0 Å². The van der Waals surface area contributed by atoms with Crippen LogP contribution in [0.15, 0.2) is 40.9 Å². The van der Waals surface area contributed by atoms with Crippen LogP contribution in [-0.2, 0) is 4.74 Å². The zero-order valence-electron chi connectivity index (χ0n) is 18.2. The number of piperazine rings is 1. The molecule has 2 aromatic carbocycles. The van der Waals surface area contributed by atoms with Gasteiger partial charge in [0.25, 0.3) is 11.6 Å². The number of carbonyl (C=O) groups is 1. The van der Waals surface area contributed by atoms with Crippen molar-refractivity contribution in [2.24, 2.45) is 0 Å². The topological polar surface area (TPSA) is 91.2 Å². The summed E-state index contributed by atoms with van der Waals surface area (Å²) in [6.07, 6.45) is 0. The molecule has 4 rings (SSSR count). The van der Waals surface area contributed by atoms with Crippen molar-refractivity contribution in [3.05, 3.63) is 61.6 Å². The molecule has 2 aliphatic heterocycles. The molecule has 0 bridgehead atoms. The fraction of sp³-hybridized carbons (Fsp3) is 0.364. The first-order valence-corrected chi connectivity index (χ1v) is 12.3. The normalized spacial score (nSPS) is 16.4. The third-order valence-electron chi connectivity index (χ3n) is 5.83. The van der Waals surface area contributed by atoms with Gasteiger partial charge >= 0.3 is 0 Å². The van der Waals surface area contributed by atoms with Gasteiger partial charge < -0.3 is 19.4 Å². The largest absolute Gasteiger partial charge is 0.378 e. The van der Waals surface area contributed by atoms with Crippen LogP contribution in [0.4, 0.5) is 17.1 Å². The first kappa shape index (κ1) is 24.6. The summed E-state index contributed by atoms with van der Waals surface area (Å²) in [5.41, 5.74) is 1.97. The number of rotatable bonds is 4. The summed E-state index contributed by atoms with van der Waals surface area (Å²) in [4.78, 5) is 29.9. The Balaban J connectivity index is 1.40. The van der Waals surface area contributed by atoms with Crippen LogP contribution in [0.25, 0.3) is 0 Å². The number of nitro benzene ring substituents is 1. The third-order valence-corrected chi connectivity index (χ3v) is 7.02. The van der Waals surface area contributed by atoms with Crippen molar-refractivity contribution in [1.29, 1.82) is 0 Å². The second-order valence-electron chi connectivity index (χ2n) is 7.89. The first-order valence-electron chi connectivity index (χ1n) is 10.7. The molecule has 0 saturated carbocycles. The second-order valence-corrected chi connectivity index (χ2v) is 9.60. The van der Waals surface area contributed by atoms with E-state index in [1.165, 1.54) is 0 Å². The molecule has 2 heterocycles. The highest BCUT2D eigenvalue weighted by molar-refractivity contribution is 9.10. The van der Waals surface area contributed by atoms with E-state index in [0.29, 0.717) is 73.9 Å². The Morgan fingerprint density at radius 1 is 1.06 bits per heavy atom. The number of anilines is 2. The molecular weight excluding hydrogens is 546 g/mol. The van der Waals surface area contributed by atoms with Crippen LogP contribution in [0.2, 0.25) is 5.02 Å². The van der Waals surface area contributed by atoms with E-state index < -0.39 is 0 Å². The Labute approximate surface area is 215 Å². The number of ether oxygens (including phenoxy) is 1. The van der Waals surface area contributed by atoms with E-state index in [1.807, 2.05) is 15.9 Å². The van der Waals surface area contributed by atoms with Gasteiger partial charge in [0.05, 0.1) is 28.7 Å². The SMILES string of the molecule is O=C(NC(=S)N1CCN(c2ccc([N+](=O)[O-])c(N3CCOCC3)c2)CC1)c1cc(Br)ccc1Cl. The molecular formula is C22H23BrClN5O4S. The highest BCUT2D eigenvalue weighted by Crippen LogP contribution is 2.33. The summed E-state index contributed by atoms with van der Waals surface area (Å²) < 4.78 is 6.14. The minimum absolute atomic E-state index is 0.0967. The summed E-state index contributed by atoms with van der Waals surface area (Å²) in [5, 5.41) is 15.0. The molecule has 9 nitrogen and oxygen atoms in total. The highest BCUT2D eigenvalue weighted by Gasteiger charge is 2.25. The minimum Gasteiger partial charge on any atom is -0.378 e. The van der Waals surface area contributed by atoms with Gasteiger partial charge in [0, 0.05) is 55.5 Å². The van der Waals surface area contributed by atoms with Gasteiger partial charge in [-0.2, -0.15) is 0 Å². The summed E-state index contributed by atoms with van der Waals surface area (Å²) in [6.45, 7) is 4.87. The van der Waals surface area contributed by atoms with Crippen LogP contribution in [-0.4, -0.2) is 73.3 Å². The van der Waals surface area contributed by atoms with Crippen molar-refractivity contribution in [2.75, 3.05) is 62.3 Å². The molecule has 0 unspecified atom stereocenters. The average Bonchev–Trinajstić information content (AvgIpc) is 2.85. The second kappa shape index (κ2) is 10.9. The monoisotopic (exact) mass is 567 g/mol. The number of nitro groups is 1. The van der Waals surface area contributed by atoms with E-state index in [2.05, 4.69) is 26.1 Å². The Morgan fingerprint density at radius 2 is 1.76 bits per heavy atom. The van der Waals surface area contributed by atoms with Crippen molar-refractivity contribution >= 4 is 67.8 Å². The van der Waals surface area contributed by atoms with E-state index in [9.17, 15) is 14.9 Å². The standard InChI is InChI=1S/C22H23BrClN5O4S/c23-15-1-3-18(24)17(13-15)21(30)25-22(34)28-7-5-26(6-8-28)16-2-4-19(29(31)32)20(14-16)27-9-11-33-12-10-27/h1-4,13-14H,5-12H2,(H,25,30,34). The predicted molar refractivity (Wildman–Crippen MR) is 139 cm³/mol. The maximum atomic E-state index is 12.6. The Morgan fingerprint density at radius 3 is 2.44 bits per heavy atom. The van der Waals surface area contributed by atoms with E-state index in [0.717, 1.165) is 10.2 Å². The molecule has 0 aromatic heterocycles. The molecule has 1 amide bonds. The summed E-state index contributed by atoms with van der Waals surface area (Å²) in [6, 6.07) is 10.3. The fourth-order valence-electron chi connectivity index (χ4n) is 4.00. The number of halogens is 2. The van der Waals surface area contributed by atoms with Crippen LogP contribution in [0, 0.1) is 10.1 Å². The molecule has 2 saturated heterocycles. The maximum absolute atomic E-state index is 12.6. The lowest BCUT2D eigenvalue weighted by molar-refractivity contribution is -0.384. The molecule has 0 radical (unpaired) electrons. The number of amides is 1. The Hall–Kier alpha value is -2.47. The van der Waals surface area contributed by atoms with Crippen LogP contribution < -0.4 is 15.1 Å². The Kier molecular flexibility index (Phi) is 7.87. The maximum Gasteiger partial charge on any atom is 0.292 e. The van der Waals surface area contributed by atoms with Gasteiger partial charge in [0.1, 0.15) is 5.69 Å². The third kappa shape index (κ3) is 5.60. The lowest BCUT2D eigenvalue weighted by atomic mass is 10.1. The summed E-state index contributed by atoms with van der Waals surface area (Å²) in [5.74, 6) is -0.357. The number of hydrogen-bond donors (Lipinski definition) is 1. The van der Waals surface area contributed by atoms with Crippen LogP contribution in [0.3, 0.4) is 0 Å². The number of benzene rings is 2. The van der Waals surface area contributed by atoms with Gasteiger partial charge in [-0.3, -0.25) is 20.2 Å². The molecule has 12 heteroatoms. The summed E-state index contributed by atoms with van der Waals surface area (Å²) >= 11 is 15.0. The molecule has 2 aliphatic rings. The fourth-order valence-corrected chi connectivity index (χ4v) is 4.84. The van der Waals surface area contributed by atoms with Gasteiger partial charge in [0.2, 0.25) is 0 Å². The number of nitrogens with zero attached hydrogens (tertiary/aromatic N) is 4. The van der Waals surface area contributed by atoms with Gasteiger partial charge in [-0.1, -0.05) is 27.5 Å². The van der Waals surface area contributed by atoms with Crippen LogP contribution in [0.1, 0.15) is 10.4 Å². The smallest absolute Gasteiger partial charge is 0.292 e.